The summed E-state index contributed by atoms with van der Waals surface area (Å²) in [5, 5.41) is 0. The monoisotopic (exact) mass is 364 g/mol. The van der Waals surface area contributed by atoms with Crippen LogP contribution in [0.15, 0.2) is 36.7 Å². The summed E-state index contributed by atoms with van der Waals surface area (Å²) in [6.45, 7) is -1.37. The Hall–Kier alpha value is -2.44. The first-order chi connectivity index (χ1) is 12.4. The molecule has 1 aliphatic rings. The molecule has 2 aromatic rings. The third kappa shape index (κ3) is 4.80. The van der Waals surface area contributed by atoms with Gasteiger partial charge in [0.15, 0.2) is 12.4 Å². The van der Waals surface area contributed by atoms with Crippen LogP contribution in [0.3, 0.4) is 0 Å². The molecule has 0 atom stereocenters. The van der Waals surface area contributed by atoms with Gasteiger partial charge < -0.3 is 4.74 Å². The lowest BCUT2D eigenvalue weighted by molar-refractivity contribution is -0.154. The summed E-state index contributed by atoms with van der Waals surface area (Å²) in [6.07, 6.45) is 2.48. The molecule has 1 fully saturated rings. The fourth-order valence-electron chi connectivity index (χ4n) is 3.22. The molecule has 4 nitrogen and oxygen atoms in total. The van der Waals surface area contributed by atoms with E-state index >= 15 is 0 Å². The number of hydrogen-bond acceptors (Lipinski definition) is 4. The van der Waals surface area contributed by atoms with Crippen LogP contribution in [0.4, 0.5) is 13.2 Å². The topological polar surface area (TPSA) is 52.1 Å². The second kappa shape index (κ2) is 7.85. The van der Waals surface area contributed by atoms with Gasteiger partial charge in [-0.25, -0.2) is 4.98 Å². The Balaban J connectivity index is 1.81. The highest BCUT2D eigenvalue weighted by Crippen LogP contribution is 2.38. The third-order valence-electron chi connectivity index (χ3n) is 4.42. The smallest absolute Gasteiger partial charge is 0.422 e. The van der Waals surface area contributed by atoms with Crippen molar-refractivity contribution in [2.24, 2.45) is 0 Å². The third-order valence-corrected chi connectivity index (χ3v) is 4.42. The number of pyridine rings is 2. The molecular weight excluding hydrogens is 345 g/mol. The Bertz CT molecular complexity index is 757. The second-order valence-corrected chi connectivity index (χ2v) is 6.44. The predicted molar refractivity (Wildman–Crippen MR) is 89.3 cm³/mol. The Morgan fingerprint density at radius 3 is 2.62 bits per heavy atom. The second-order valence-electron chi connectivity index (χ2n) is 6.44. The average Bonchev–Trinajstić information content (AvgIpc) is 3.15. The van der Waals surface area contributed by atoms with E-state index < -0.39 is 12.8 Å². The SMILES string of the molecule is O=C(Cc1cnc(OCC(F)(F)F)c(C2CCCC2)c1)c1ccccn1. The molecule has 26 heavy (non-hydrogen) atoms. The fourth-order valence-corrected chi connectivity index (χ4v) is 3.22. The van der Waals surface area contributed by atoms with Crippen LogP contribution >= 0.6 is 0 Å². The minimum absolute atomic E-state index is 0.0169. The van der Waals surface area contributed by atoms with Crippen molar-refractivity contribution in [2.75, 3.05) is 6.61 Å². The molecule has 0 spiro atoms. The van der Waals surface area contributed by atoms with Crippen LogP contribution in [-0.2, 0) is 6.42 Å². The quantitative estimate of drug-likeness (QED) is 0.708. The number of halogens is 3. The molecule has 0 aromatic carbocycles. The summed E-state index contributed by atoms with van der Waals surface area (Å²) in [5.41, 5.74) is 1.67. The highest BCUT2D eigenvalue weighted by Gasteiger charge is 2.30. The first kappa shape index (κ1) is 18.4. The van der Waals surface area contributed by atoms with Crippen LogP contribution in [-0.4, -0.2) is 28.5 Å². The standard InChI is InChI=1S/C19H19F3N2O2/c20-19(21,22)12-26-18-15(14-5-1-2-6-14)9-13(11-24-18)10-17(25)16-7-3-4-8-23-16/h3-4,7-9,11,14H,1-2,5-6,10,12H2. The molecule has 2 aromatic heterocycles. The Morgan fingerprint density at radius 1 is 1.19 bits per heavy atom. The maximum absolute atomic E-state index is 12.5. The van der Waals surface area contributed by atoms with Crippen LogP contribution < -0.4 is 4.74 Å². The van der Waals surface area contributed by atoms with Gasteiger partial charge in [0.25, 0.3) is 0 Å². The Kier molecular flexibility index (Phi) is 5.54. The van der Waals surface area contributed by atoms with Gasteiger partial charge in [-0.2, -0.15) is 13.2 Å². The number of hydrogen-bond donors (Lipinski definition) is 0. The zero-order chi connectivity index (χ0) is 18.6. The zero-order valence-corrected chi connectivity index (χ0v) is 14.1. The summed E-state index contributed by atoms with van der Waals surface area (Å²) < 4.78 is 42.4. The van der Waals surface area contributed by atoms with Crippen LogP contribution in [0.2, 0.25) is 0 Å². The van der Waals surface area contributed by atoms with Gasteiger partial charge in [0.1, 0.15) is 5.69 Å². The van der Waals surface area contributed by atoms with Crippen molar-refractivity contribution in [3.05, 3.63) is 53.5 Å². The van der Waals surface area contributed by atoms with E-state index in [-0.39, 0.29) is 24.0 Å². The number of rotatable bonds is 6. The van der Waals surface area contributed by atoms with E-state index in [0.29, 0.717) is 16.8 Å². The van der Waals surface area contributed by atoms with E-state index in [4.69, 9.17) is 4.74 Å². The number of ketones is 1. The lowest BCUT2D eigenvalue weighted by Gasteiger charge is -2.17. The molecule has 0 N–H and O–H groups in total. The minimum atomic E-state index is -4.41. The molecule has 0 unspecified atom stereocenters. The van der Waals surface area contributed by atoms with E-state index in [1.807, 2.05) is 0 Å². The van der Waals surface area contributed by atoms with Gasteiger partial charge in [-0.05, 0) is 42.5 Å². The maximum Gasteiger partial charge on any atom is 0.422 e. The van der Waals surface area contributed by atoms with Crippen molar-refractivity contribution >= 4 is 5.78 Å². The van der Waals surface area contributed by atoms with Crippen molar-refractivity contribution in [1.29, 1.82) is 0 Å². The molecule has 1 aliphatic carbocycles. The number of Topliss-reactive ketones (excluding diaryl/α,β-unsaturated/α-hetero) is 1. The number of alkyl halides is 3. The number of carbonyl (C=O) groups excluding carboxylic acids is 1. The molecule has 0 saturated heterocycles. The first-order valence-corrected chi connectivity index (χ1v) is 8.55. The maximum atomic E-state index is 12.5. The lowest BCUT2D eigenvalue weighted by Crippen LogP contribution is -2.20. The molecule has 0 aliphatic heterocycles. The molecule has 138 valence electrons. The van der Waals surface area contributed by atoms with Gasteiger partial charge in [-0.15, -0.1) is 0 Å². The number of aromatic nitrogens is 2. The van der Waals surface area contributed by atoms with Gasteiger partial charge in [0.05, 0.1) is 0 Å². The van der Waals surface area contributed by atoms with Gasteiger partial charge >= 0.3 is 6.18 Å². The van der Waals surface area contributed by atoms with Crippen molar-refractivity contribution in [3.63, 3.8) is 0 Å². The summed E-state index contributed by atoms with van der Waals surface area (Å²) in [5.74, 6) is -0.0207. The number of nitrogens with zero attached hydrogens (tertiary/aromatic N) is 2. The molecule has 2 heterocycles. The first-order valence-electron chi connectivity index (χ1n) is 8.55. The minimum Gasteiger partial charge on any atom is -0.468 e. The van der Waals surface area contributed by atoms with Gasteiger partial charge in [-0.3, -0.25) is 9.78 Å². The van der Waals surface area contributed by atoms with Crippen LogP contribution in [0.5, 0.6) is 5.88 Å². The van der Waals surface area contributed by atoms with E-state index in [1.165, 1.54) is 6.20 Å². The number of ether oxygens (including phenoxy) is 1. The summed E-state index contributed by atoms with van der Waals surface area (Å²) in [4.78, 5) is 20.4. The van der Waals surface area contributed by atoms with Crippen molar-refractivity contribution in [2.45, 2.75) is 44.2 Å². The molecule has 0 amide bonds. The number of carbonyl (C=O) groups is 1. The van der Waals surface area contributed by atoms with Gasteiger partial charge in [0, 0.05) is 24.4 Å². The van der Waals surface area contributed by atoms with Crippen LogP contribution in [0.25, 0.3) is 0 Å². The Morgan fingerprint density at radius 2 is 1.96 bits per heavy atom. The average molecular weight is 364 g/mol. The molecule has 1 saturated carbocycles. The summed E-state index contributed by atoms with van der Waals surface area (Å²) in [6, 6.07) is 6.85. The zero-order valence-electron chi connectivity index (χ0n) is 14.1. The van der Waals surface area contributed by atoms with E-state index in [9.17, 15) is 18.0 Å². The molecule has 0 radical (unpaired) electrons. The van der Waals surface area contributed by atoms with E-state index in [0.717, 1.165) is 25.7 Å². The molecule has 3 rings (SSSR count). The predicted octanol–water partition coefficient (Wildman–Crippen LogP) is 4.50. The van der Waals surface area contributed by atoms with Gasteiger partial charge in [-0.1, -0.05) is 18.9 Å². The highest BCUT2D eigenvalue weighted by molar-refractivity contribution is 5.95. The van der Waals surface area contributed by atoms with Gasteiger partial charge in [0.2, 0.25) is 5.88 Å². The molecular formula is C19H19F3N2O2. The largest absolute Gasteiger partial charge is 0.468 e. The van der Waals surface area contributed by atoms with Crippen molar-refractivity contribution < 1.29 is 22.7 Å². The summed E-state index contributed by atoms with van der Waals surface area (Å²) >= 11 is 0. The summed E-state index contributed by atoms with van der Waals surface area (Å²) in [7, 11) is 0. The van der Waals surface area contributed by atoms with E-state index in [2.05, 4.69) is 9.97 Å². The lowest BCUT2D eigenvalue weighted by atomic mass is 9.96. The Labute approximate surface area is 149 Å². The molecule has 0 bridgehead atoms. The van der Waals surface area contributed by atoms with Crippen molar-refractivity contribution in [1.82, 2.24) is 9.97 Å². The molecule has 7 heteroatoms. The normalized spacial score (nSPS) is 15.2. The van der Waals surface area contributed by atoms with Crippen LogP contribution in [0, 0.1) is 0 Å². The van der Waals surface area contributed by atoms with Crippen LogP contribution in [0.1, 0.15) is 53.2 Å². The van der Waals surface area contributed by atoms with Crippen molar-refractivity contribution in [3.8, 4) is 5.88 Å². The highest BCUT2D eigenvalue weighted by atomic mass is 19.4. The van der Waals surface area contributed by atoms with E-state index in [1.54, 1.807) is 30.5 Å². The fraction of sp³-hybridized carbons (Fsp3) is 0.421.